The van der Waals surface area contributed by atoms with Crippen LogP contribution in [-0.4, -0.2) is 8.42 Å². The molecule has 0 saturated carbocycles. The lowest BCUT2D eigenvalue weighted by Gasteiger charge is -2.11. The lowest BCUT2D eigenvalue weighted by atomic mass is 10.1. The zero-order valence-electron chi connectivity index (χ0n) is 7.75. The molecule has 0 fully saturated rings. The van der Waals surface area contributed by atoms with Crippen LogP contribution >= 0.6 is 0 Å². The maximum Gasteiger partial charge on any atom is 0.416 e. The van der Waals surface area contributed by atoms with E-state index in [1.807, 2.05) is 0 Å². The molecule has 2 N–H and O–H groups in total. The summed E-state index contributed by atoms with van der Waals surface area (Å²) in [4.78, 5) is 0. The molecule has 0 aliphatic carbocycles. The molecule has 0 unspecified atom stereocenters. The molecule has 0 bridgehead atoms. The normalized spacial score (nSPS) is 12.8. The Labute approximate surface area is 88.9 Å². The zero-order chi connectivity index (χ0) is 12.6. The predicted octanol–water partition coefficient (Wildman–Crippen LogP) is 1.63. The Hall–Kier alpha value is -1.15. The molecular formula is C8H7F4NO2S. The first-order valence-corrected chi connectivity index (χ1v) is 5.67. The molecule has 0 heterocycles. The highest BCUT2D eigenvalue weighted by atomic mass is 32.2. The molecule has 0 atom stereocenters. The first-order chi connectivity index (χ1) is 7.09. The predicted molar refractivity (Wildman–Crippen MR) is 48.2 cm³/mol. The Kier molecular flexibility index (Phi) is 3.25. The minimum atomic E-state index is -4.82. The molecule has 1 aromatic carbocycles. The molecule has 0 aliphatic rings. The second-order valence-electron chi connectivity index (χ2n) is 3.11. The molecule has 1 rings (SSSR count). The number of nitrogens with two attached hydrogens (primary N) is 1. The largest absolute Gasteiger partial charge is 0.416 e. The van der Waals surface area contributed by atoms with E-state index in [0.717, 1.165) is 12.1 Å². The van der Waals surface area contributed by atoms with Gasteiger partial charge in [0.05, 0.1) is 11.3 Å². The van der Waals surface area contributed by atoms with Gasteiger partial charge in [0.15, 0.2) is 0 Å². The third-order valence-corrected chi connectivity index (χ3v) is 2.45. The fourth-order valence-electron chi connectivity index (χ4n) is 1.16. The van der Waals surface area contributed by atoms with Crippen molar-refractivity contribution >= 4 is 10.0 Å². The second kappa shape index (κ2) is 4.02. The SMILES string of the molecule is NS(=O)(=O)Cc1ccc(F)cc1C(F)(F)F. The number of hydrogen-bond donors (Lipinski definition) is 1. The van der Waals surface area contributed by atoms with Crippen LogP contribution in [0.2, 0.25) is 0 Å². The van der Waals surface area contributed by atoms with Crippen LogP contribution in [-0.2, 0) is 22.0 Å². The van der Waals surface area contributed by atoms with Crippen molar-refractivity contribution in [3.05, 3.63) is 35.1 Å². The van der Waals surface area contributed by atoms with Gasteiger partial charge in [-0.05, 0) is 17.7 Å². The van der Waals surface area contributed by atoms with Gasteiger partial charge in [0.25, 0.3) is 0 Å². The van der Waals surface area contributed by atoms with Crippen LogP contribution in [0.1, 0.15) is 11.1 Å². The quantitative estimate of drug-likeness (QED) is 0.818. The van der Waals surface area contributed by atoms with E-state index in [9.17, 15) is 26.0 Å². The standard InChI is InChI=1S/C8H7F4NO2S/c9-6-2-1-5(4-16(13,14)15)7(3-6)8(10,11)12/h1-3H,4H2,(H2,13,14,15). The van der Waals surface area contributed by atoms with Gasteiger partial charge in [0, 0.05) is 0 Å². The summed E-state index contributed by atoms with van der Waals surface area (Å²) in [7, 11) is -4.10. The lowest BCUT2D eigenvalue weighted by molar-refractivity contribution is -0.138. The number of primary sulfonamides is 1. The molecule has 0 spiro atoms. The van der Waals surface area contributed by atoms with Crippen LogP contribution in [0.5, 0.6) is 0 Å². The monoisotopic (exact) mass is 257 g/mol. The van der Waals surface area contributed by atoms with Gasteiger partial charge in [-0.2, -0.15) is 13.2 Å². The van der Waals surface area contributed by atoms with Gasteiger partial charge < -0.3 is 0 Å². The summed E-state index contributed by atoms with van der Waals surface area (Å²) in [6.07, 6.45) is -4.82. The topological polar surface area (TPSA) is 60.2 Å². The van der Waals surface area contributed by atoms with Crippen LogP contribution in [0.4, 0.5) is 17.6 Å². The Morgan fingerprint density at radius 2 is 1.81 bits per heavy atom. The number of alkyl halides is 3. The summed E-state index contributed by atoms with van der Waals surface area (Å²) in [5.74, 6) is -2.08. The van der Waals surface area contributed by atoms with E-state index in [4.69, 9.17) is 0 Å². The van der Waals surface area contributed by atoms with Gasteiger partial charge in [-0.3, -0.25) is 0 Å². The highest BCUT2D eigenvalue weighted by molar-refractivity contribution is 7.88. The molecule has 16 heavy (non-hydrogen) atoms. The highest BCUT2D eigenvalue weighted by Crippen LogP contribution is 2.33. The number of hydrogen-bond acceptors (Lipinski definition) is 2. The maximum absolute atomic E-state index is 12.6. The summed E-state index contributed by atoms with van der Waals surface area (Å²) in [5.41, 5.74) is -1.90. The molecule has 1 aromatic rings. The smallest absolute Gasteiger partial charge is 0.228 e. The Morgan fingerprint density at radius 3 is 2.25 bits per heavy atom. The van der Waals surface area contributed by atoms with E-state index >= 15 is 0 Å². The van der Waals surface area contributed by atoms with Gasteiger partial charge in [0.2, 0.25) is 10.0 Å². The highest BCUT2D eigenvalue weighted by Gasteiger charge is 2.34. The summed E-state index contributed by atoms with van der Waals surface area (Å²) in [6.45, 7) is 0. The minimum Gasteiger partial charge on any atom is -0.228 e. The van der Waals surface area contributed by atoms with Crippen LogP contribution in [0, 0.1) is 5.82 Å². The van der Waals surface area contributed by atoms with E-state index in [1.54, 1.807) is 0 Å². The summed E-state index contributed by atoms with van der Waals surface area (Å²) < 4.78 is 71.2. The Bertz CT molecular complexity index is 495. The van der Waals surface area contributed by atoms with E-state index < -0.39 is 38.9 Å². The van der Waals surface area contributed by atoms with Crippen molar-refractivity contribution in [1.82, 2.24) is 0 Å². The lowest BCUT2D eigenvalue weighted by Crippen LogP contribution is -2.18. The van der Waals surface area contributed by atoms with Crippen molar-refractivity contribution < 1.29 is 26.0 Å². The van der Waals surface area contributed by atoms with Crippen LogP contribution in [0.15, 0.2) is 18.2 Å². The van der Waals surface area contributed by atoms with Crippen molar-refractivity contribution in [1.29, 1.82) is 0 Å². The minimum absolute atomic E-state index is 0.237. The third kappa shape index (κ3) is 3.46. The molecule has 0 aromatic heterocycles. The molecule has 0 amide bonds. The molecule has 8 heteroatoms. The van der Waals surface area contributed by atoms with Crippen molar-refractivity contribution in [2.24, 2.45) is 5.14 Å². The van der Waals surface area contributed by atoms with Crippen LogP contribution in [0.25, 0.3) is 0 Å². The van der Waals surface area contributed by atoms with E-state index in [2.05, 4.69) is 5.14 Å². The molecule has 0 radical (unpaired) electrons. The van der Waals surface area contributed by atoms with Gasteiger partial charge in [0.1, 0.15) is 5.82 Å². The fraction of sp³-hybridized carbons (Fsp3) is 0.250. The van der Waals surface area contributed by atoms with Crippen LogP contribution < -0.4 is 5.14 Å². The van der Waals surface area contributed by atoms with E-state index in [-0.39, 0.29) is 6.07 Å². The maximum atomic E-state index is 12.6. The number of sulfonamides is 1. The summed E-state index contributed by atoms with van der Waals surface area (Å²) in [5, 5.41) is 4.63. The summed E-state index contributed by atoms with van der Waals surface area (Å²) >= 11 is 0. The molecule has 3 nitrogen and oxygen atoms in total. The van der Waals surface area contributed by atoms with Crippen molar-refractivity contribution in [3.63, 3.8) is 0 Å². The average molecular weight is 257 g/mol. The van der Waals surface area contributed by atoms with Gasteiger partial charge in [-0.15, -0.1) is 0 Å². The van der Waals surface area contributed by atoms with Gasteiger partial charge in [-0.1, -0.05) is 6.07 Å². The zero-order valence-corrected chi connectivity index (χ0v) is 8.57. The molecule has 0 saturated heterocycles. The first kappa shape index (κ1) is 12.9. The van der Waals surface area contributed by atoms with E-state index in [0.29, 0.717) is 0 Å². The molecule has 0 aliphatic heterocycles. The Balaban J connectivity index is 3.29. The van der Waals surface area contributed by atoms with Crippen LogP contribution in [0.3, 0.4) is 0 Å². The van der Waals surface area contributed by atoms with Gasteiger partial charge >= 0.3 is 6.18 Å². The second-order valence-corrected chi connectivity index (χ2v) is 4.72. The van der Waals surface area contributed by atoms with Crippen molar-refractivity contribution in [2.45, 2.75) is 11.9 Å². The number of halogens is 4. The third-order valence-electron chi connectivity index (χ3n) is 1.73. The molecule has 90 valence electrons. The summed E-state index contributed by atoms with van der Waals surface area (Å²) in [6, 6.07) is 1.73. The number of rotatable bonds is 2. The van der Waals surface area contributed by atoms with Gasteiger partial charge in [-0.25, -0.2) is 17.9 Å². The Morgan fingerprint density at radius 1 is 1.25 bits per heavy atom. The van der Waals surface area contributed by atoms with Crippen molar-refractivity contribution in [3.8, 4) is 0 Å². The fourth-order valence-corrected chi connectivity index (χ4v) is 1.84. The average Bonchev–Trinajstić information content (AvgIpc) is 2.04. The number of benzene rings is 1. The first-order valence-electron chi connectivity index (χ1n) is 3.96. The van der Waals surface area contributed by atoms with Crippen molar-refractivity contribution in [2.75, 3.05) is 0 Å². The molecular weight excluding hydrogens is 250 g/mol. The van der Waals surface area contributed by atoms with E-state index in [1.165, 1.54) is 0 Å².